The molecule has 0 bridgehead atoms. The van der Waals surface area contributed by atoms with Crippen LogP contribution in [0.5, 0.6) is 11.6 Å². The van der Waals surface area contributed by atoms with Crippen molar-refractivity contribution in [3.63, 3.8) is 0 Å². The topological polar surface area (TPSA) is 62.3 Å². The molecule has 2 aliphatic rings. The monoisotopic (exact) mass is 533 g/mol. The quantitative estimate of drug-likeness (QED) is 0.318. The third kappa shape index (κ3) is 6.41. The van der Waals surface area contributed by atoms with Crippen LogP contribution in [0.3, 0.4) is 0 Å². The lowest BCUT2D eigenvalue weighted by Crippen LogP contribution is -2.43. The molecule has 8 heteroatoms. The maximum atomic E-state index is 13.6. The second-order valence-corrected chi connectivity index (χ2v) is 10.9. The second kappa shape index (κ2) is 12.1. The first-order valence-corrected chi connectivity index (χ1v) is 14.1. The molecule has 1 aliphatic carbocycles. The van der Waals surface area contributed by atoms with Crippen LogP contribution in [0.15, 0.2) is 60.7 Å². The Hall–Kier alpha value is -3.26. The predicted octanol–water partition coefficient (Wildman–Crippen LogP) is 6.98. The van der Waals surface area contributed by atoms with Crippen molar-refractivity contribution in [2.75, 3.05) is 23.3 Å². The van der Waals surface area contributed by atoms with Crippen LogP contribution in [-0.4, -0.2) is 34.2 Å². The third-order valence-electron chi connectivity index (χ3n) is 7.83. The normalized spacial score (nSPS) is 19.0. The number of ether oxygens (including phenoxy) is 1. The van der Waals surface area contributed by atoms with Crippen LogP contribution in [0.25, 0.3) is 0 Å². The van der Waals surface area contributed by atoms with Crippen molar-refractivity contribution in [2.24, 2.45) is 0 Å². The molecular weight excluding hydrogens is 497 g/mol. The number of anilines is 2. The minimum Gasteiger partial charge on any atom is -0.439 e. The van der Waals surface area contributed by atoms with E-state index < -0.39 is 0 Å². The van der Waals surface area contributed by atoms with Crippen LogP contribution in [-0.2, 0) is 5.41 Å². The standard InChI is InChI=1S/C30H36FN5OS/c1-22-10-6-9-19-36(22)26-20-27(37-25-11-4-2-5-12-25)34-28(33-26)35-29(38)32-21-30(17-7-3-8-18-30)23-13-15-24(31)16-14-23/h2,4-5,11-16,20,22H,3,6-10,17-19,21H2,1H3,(H2,32,33,34,35,38). The summed E-state index contributed by atoms with van der Waals surface area (Å²) in [7, 11) is 0. The highest BCUT2D eigenvalue weighted by atomic mass is 32.1. The van der Waals surface area contributed by atoms with Gasteiger partial charge in [-0.05, 0) is 81.1 Å². The van der Waals surface area contributed by atoms with E-state index in [4.69, 9.17) is 21.9 Å². The summed E-state index contributed by atoms with van der Waals surface area (Å²) in [6, 6.07) is 18.9. The number of halogens is 1. The lowest BCUT2D eigenvalue weighted by Gasteiger charge is -2.38. The van der Waals surface area contributed by atoms with E-state index in [1.165, 1.54) is 12.8 Å². The number of nitrogens with one attached hydrogen (secondary N) is 2. The Labute approximate surface area is 230 Å². The lowest BCUT2D eigenvalue weighted by molar-refractivity contribution is 0.292. The van der Waals surface area contributed by atoms with Crippen molar-refractivity contribution in [1.29, 1.82) is 0 Å². The highest BCUT2D eigenvalue weighted by molar-refractivity contribution is 7.80. The first kappa shape index (κ1) is 26.4. The molecule has 0 radical (unpaired) electrons. The molecule has 1 saturated heterocycles. The molecule has 1 saturated carbocycles. The van der Waals surface area contributed by atoms with E-state index in [-0.39, 0.29) is 11.2 Å². The highest BCUT2D eigenvalue weighted by Crippen LogP contribution is 2.39. The zero-order valence-electron chi connectivity index (χ0n) is 22.0. The number of rotatable bonds is 7. The number of piperidine rings is 1. The van der Waals surface area contributed by atoms with Crippen LogP contribution in [0.4, 0.5) is 16.2 Å². The van der Waals surface area contributed by atoms with Gasteiger partial charge < -0.3 is 20.3 Å². The molecule has 38 heavy (non-hydrogen) atoms. The molecular formula is C30H36FN5OS. The first-order valence-electron chi connectivity index (χ1n) is 13.7. The Bertz CT molecular complexity index is 1220. The van der Waals surface area contributed by atoms with Crippen LogP contribution in [0.1, 0.15) is 63.9 Å². The molecule has 200 valence electrons. The molecule has 1 atom stereocenters. The minimum absolute atomic E-state index is 0.0782. The molecule has 0 spiro atoms. The van der Waals surface area contributed by atoms with Gasteiger partial charge in [0.2, 0.25) is 11.8 Å². The van der Waals surface area contributed by atoms with Gasteiger partial charge in [0.05, 0.1) is 0 Å². The molecule has 2 aromatic carbocycles. The average Bonchev–Trinajstić information content (AvgIpc) is 2.93. The Balaban J connectivity index is 1.33. The summed E-state index contributed by atoms with van der Waals surface area (Å²) in [5.41, 5.74) is 1.08. The van der Waals surface area contributed by atoms with Gasteiger partial charge in [0, 0.05) is 30.6 Å². The van der Waals surface area contributed by atoms with Crippen molar-refractivity contribution >= 4 is 29.1 Å². The number of hydrogen-bond donors (Lipinski definition) is 2. The van der Waals surface area contributed by atoms with Crippen molar-refractivity contribution in [3.05, 3.63) is 72.0 Å². The number of thiocarbonyl (C=S) groups is 1. The molecule has 2 heterocycles. The predicted molar refractivity (Wildman–Crippen MR) is 155 cm³/mol. The third-order valence-corrected chi connectivity index (χ3v) is 8.08. The smallest absolute Gasteiger partial charge is 0.234 e. The van der Waals surface area contributed by atoms with Gasteiger partial charge in [0.15, 0.2) is 5.11 Å². The average molecular weight is 534 g/mol. The number of nitrogens with zero attached hydrogens (tertiary/aromatic N) is 3. The molecule has 1 unspecified atom stereocenters. The Kier molecular flexibility index (Phi) is 8.37. The summed E-state index contributed by atoms with van der Waals surface area (Å²) < 4.78 is 19.7. The molecule has 0 amide bonds. The fraction of sp³-hybridized carbons (Fsp3) is 0.433. The molecule has 6 nitrogen and oxygen atoms in total. The van der Waals surface area contributed by atoms with Gasteiger partial charge >= 0.3 is 0 Å². The lowest BCUT2D eigenvalue weighted by atomic mass is 9.69. The molecule has 5 rings (SSSR count). The fourth-order valence-electron chi connectivity index (χ4n) is 5.71. The number of benzene rings is 2. The van der Waals surface area contributed by atoms with Gasteiger partial charge in [-0.3, -0.25) is 0 Å². The second-order valence-electron chi connectivity index (χ2n) is 10.5. The molecule has 3 aromatic rings. The Morgan fingerprint density at radius 1 is 1.03 bits per heavy atom. The first-order chi connectivity index (χ1) is 18.5. The minimum atomic E-state index is -0.210. The van der Waals surface area contributed by atoms with Gasteiger partial charge in [-0.25, -0.2) is 4.39 Å². The Morgan fingerprint density at radius 2 is 1.79 bits per heavy atom. The van der Waals surface area contributed by atoms with Crippen LogP contribution in [0.2, 0.25) is 0 Å². The summed E-state index contributed by atoms with van der Waals surface area (Å²) in [6.45, 7) is 3.85. The van der Waals surface area contributed by atoms with Crippen LogP contribution >= 0.6 is 12.2 Å². The summed E-state index contributed by atoms with van der Waals surface area (Å²) in [5, 5.41) is 7.10. The van der Waals surface area contributed by atoms with Gasteiger partial charge in [-0.15, -0.1) is 0 Å². The largest absolute Gasteiger partial charge is 0.439 e. The zero-order chi connectivity index (χ0) is 26.4. The van der Waals surface area contributed by atoms with E-state index in [2.05, 4.69) is 27.4 Å². The van der Waals surface area contributed by atoms with Gasteiger partial charge in [-0.2, -0.15) is 9.97 Å². The van der Waals surface area contributed by atoms with Crippen molar-refractivity contribution in [2.45, 2.75) is 69.7 Å². The van der Waals surface area contributed by atoms with Crippen molar-refractivity contribution in [3.8, 4) is 11.6 Å². The number of para-hydroxylation sites is 1. The summed E-state index contributed by atoms with van der Waals surface area (Å²) >= 11 is 5.70. The van der Waals surface area contributed by atoms with E-state index in [9.17, 15) is 4.39 Å². The van der Waals surface area contributed by atoms with Crippen molar-refractivity contribution < 1.29 is 9.13 Å². The van der Waals surface area contributed by atoms with E-state index >= 15 is 0 Å². The number of hydrogen-bond acceptors (Lipinski definition) is 5. The number of aromatic nitrogens is 2. The van der Waals surface area contributed by atoms with E-state index in [1.54, 1.807) is 12.1 Å². The highest BCUT2D eigenvalue weighted by Gasteiger charge is 2.34. The van der Waals surface area contributed by atoms with E-state index in [0.717, 1.165) is 56.5 Å². The molecule has 2 N–H and O–H groups in total. The van der Waals surface area contributed by atoms with Gasteiger partial charge in [0.25, 0.3) is 0 Å². The van der Waals surface area contributed by atoms with E-state index in [1.807, 2.05) is 48.5 Å². The zero-order valence-corrected chi connectivity index (χ0v) is 22.8. The van der Waals surface area contributed by atoms with Gasteiger partial charge in [0.1, 0.15) is 17.4 Å². The SMILES string of the molecule is CC1CCCCN1c1cc(Oc2ccccc2)nc(NC(=S)NCC2(c3ccc(F)cc3)CCCCC2)n1. The van der Waals surface area contributed by atoms with Crippen LogP contribution in [0, 0.1) is 5.82 Å². The maximum absolute atomic E-state index is 13.6. The molecule has 1 aromatic heterocycles. The molecule has 2 fully saturated rings. The van der Waals surface area contributed by atoms with Gasteiger partial charge in [-0.1, -0.05) is 49.6 Å². The summed E-state index contributed by atoms with van der Waals surface area (Å²) in [4.78, 5) is 11.8. The summed E-state index contributed by atoms with van der Waals surface area (Å²) in [6.07, 6.45) is 9.11. The van der Waals surface area contributed by atoms with Crippen LogP contribution < -0.4 is 20.3 Å². The maximum Gasteiger partial charge on any atom is 0.234 e. The van der Waals surface area contributed by atoms with E-state index in [0.29, 0.717) is 35.3 Å². The Morgan fingerprint density at radius 3 is 2.53 bits per heavy atom. The fourth-order valence-corrected chi connectivity index (χ4v) is 5.87. The summed E-state index contributed by atoms with van der Waals surface area (Å²) in [5.74, 6) is 2.22. The van der Waals surface area contributed by atoms with Crippen molar-refractivity contribution in [1.82, 2.24) is 15.3 Å². The molecule has 1 aliphatic heterocycles.